The van der Waals surface area contributed by atoms with Crippen LogP contribution in [0.5, 0.6) is 0 Å². The Kier molecular flexibility index (Phi) is 4.11. The molecule has 2 heteroatoms. The summed E-state index contributed by atoms with van der Waals surface area (Å²) in [5.41, 5.74) is 5.93. The summed E-state index contributed by atoms with van der Waals surface area (Å²) >= 11 is 2.18. The lowest BCUT2D eigenvalue weighted by Gasteiger charge is -2.25. The van der Waals surface area contributed by atoms with E-state index in [4.69, 9.17) is 0 Å². The van der Waals surface area contributed by atoms with Crippen LogP contribution in [0.15, 0.2) is 84.9 Å². The third-order valence-corrected chi connectivity index (χ3v) is 7.51. The first kappa shape index (κ1) is 16.2. The van der Waals surface area contributed by atoms with E-state index in [0.29, 0.717) is 5.25 Å². The molecule has 0 N–H and O–H groups in total. The first-order chi connectivity index (χ1) is 12.8. The van der Waals surface area contributed by atoms with Crippen LogP contribution in [-0.2, 0) is 11.3 Å². The number of hydrogen-bond acceptors (Lipinski definition) is 2. The van der Waals surface area contributed by atoms with Crippen molar-refractivity contribution in [1.82, 2.24) is 4.90 Å². The van der Waals surface area contributed by atoms with E-state index in [1.165, 1.54) is 29.7 Å². The molecule has 0 amide bonds. The molecule has 2 atom stereocenters. The summed E-state index contributed by atoms with van der Waals surface area (Å²) in [7, 11) is 0. The molecule has 26 heavy (non-hydrogen) atoms. The van der Waals surface area contributed by atoms with Gasteiger partial charge in [0.05, 0.1) is 10.00 Å². The standard InChI is InChI=1S/C24H23NS/c1-3-9-19(10-4-1)17-25-16-15-24(18-25)22-14-8-7-13-21(22)23(26-24)20-11-5-2-6-12-20/h1-14,23H,15-18H2. The maximum Gasteiger partial charge on any atom is 0.0559 e. The first-order valence-electron chi connectivity index (χ1n) is 9.43. The summed E-state index contributed by atoms with van der Waals surface area (Å²) in [6, 6.07) is 31.0. The molecule has 0 aliphatic carbocycles. The normalized spacial score (nSPS) is 24.8. The van der Waals surface area contributed by atoms with E-state index in [1.807, 2.05) is 0 Å². The number of benzene rings is 3. The molecule has 3 aromatic rings. The second-order valence-corrected chi connectivity index (χ2v) is 8.92. The van der Waals surface area contributed by atoms with Gasteiger partial charge in [0.25, 0.3) is 0 Å². The highest BCUT2D eigenvalue weighted by Gasteiger charge is 2.48. The Morgan fingerprint density at radius 2 is 1.54 bits per heavy atom. The number of hydrogen-bond donors (Lipinski definition) is 0. The van der Waals surface area contributed by atoms with Crippen LogP contribution in [-0.4, -0.2) is 18.0 Å². The van der Waals surface area contributed by atoms with Crippen LogP contribution >= 0.6 is 11.8 Å². The fraction of sp³-hybridized carbons (Fsp3) is 0.250. The highest BCUT2D eigenvalue weighted by atomic mass is 32.2. The van der Waals surface area contributed by atoms with Crippen LogP contribution in [0.4, 0.5) is 0 Å². The number of thioether (sulfide) groups is 1. The summed E-state index contributed by atoms with van der Waals surface area (Å²) in [5.74, 6) is 0. The minimum absolute atomic E-state index is 0.242. The molecule has 0 saturated carbocycles. The second-order valence-electron chi connectivity index (χ2n) is 7.44. The number of likely N-dealkylation sites (tertiary alicyclic amines) is 1. The third kappa shape index (κ3) is 2.78. The van der Waals surface area contributed by atoms with Gasteiger partial charge in [-0.25, -0.2) is 0 Å². The lowest BCUT2D eigenvalue weighted by Crippen LogP contribution is -2.26. The zero-order valence-corrected chi connectivity index (χ0v) is 15.7. The summed E-state index contributed by atoms with van der Waals surface area (Å²) < 4.78 is 0.242. The molecular weight excluding hydrogens is 334 g/mol. The largest absolute Gasteiger partial charge is 0.297 e. The molecule has 1 fully saturated rings. The van der Waals surface area contributed by atoms with E-state index in [2.05, 4.69) is 102 Å². The monoisotopic (exact) mass is 357 g/mol. The van der Waals surface area contributed by atoms with Gasteiger partial charge in [0.1, 0.15) is 0 Å². The Labute approximate surface area is 160 Å². The maximum absolute atomic E-state index is 2.63. The summed E-state index contributed by atoms with van der Waals surface area (Å²) in [5, 5.41) is 0.462. The third-order valence-electron chi connectivity index (χ3n) is 5.74. The molecule has 1 spiro atoms. The van der Waals surface area contributed by atoms with Gasteiger partial charge in [0.15, 0.2) is 0 Å². The first-order valence-corrected chi connectivity index (χ1v) is 10.3. The maximum atomic E-state index is 2.63. The predicted octanol–water partition coefficient (Wildman–Crippen LogP) is 5.62. The molecule has 0 radical (unpaired) electrons. The van der Waals surface area contributed by atoms with E-state index in [9.17, 15) is 0 Å². The van der Waals surface area contributed by atoms with Gasteiger partial charge >= 0.3 is 0 Å². The molecule has 1 saturated heterocycles. The SMILES string of the molecule is c1ccc(CN2CCC3(C2)SC(c2ccccc2)c2ccccc23)cc1. The van der Waals surface area contributed by atoms with Gasteiger partial charge < -0.3 is 0 Å². The van der Waals surface area contributed by atoms with E-state index < -0.39 is 0 Å². The molecule has 5 rings (SSSR count). The van der Waals surface area contributed by atoms with Gasteiger partial charge in [-0.2, -0.15) is 0 Å². The highest BCUT2D eigenvalue weighted by molar-refractivity contribution is 8.01. The molecule has 2 aliphatic rings. The van der Waals surface area contributed by atoms with Crippen molar-refractivity contribution in [1.29, 1.82) is 0 Å². The minimum Gasteiger partial charge on any atom is -0.297 e. The second kappa shape index (κ2) is 6.61. The van der Waals surface area contributed by atoms with Crippen LogP contribution in [0.2, 0.25) is 0 Å². The van der Waals surface area contributed by atoms with Crippen molar-refractivity contribution in [2.75, 3.05) is 13.1 Å². The van der Waals surface area contributed by atoms with Gasteiger partial charge in [-0.05, 0) is 28.7 Å². The zero-order chi connectivity index (χ0) is 17.4. The molecule has 130 valence electrons. The molecular formula is C24H23NS. The van der Waals surface area contributed by atoms with Crippen LogP contribution in [0.3, 0.4) is 0 Å². The van der Waals surface area contributed by atoms with Gasteiger partial charge in [-0.15, -0.1) is 11.8 Å². The number of fused-ring (bicyclic) bond motifs is 2. The quantitative estimate of drug-likeness (QED) is 0.598. The van der Waals surface area contributed by atoms with Gasteiger partial charge in [-0.1, -0.05) is 84.9 Å². The average molecular weight is 358 g/mol. The van der Waals surface area contributed by atoms with E-state index in [0.717, 1.165) is 13.1 Å². The zero-order valence-electron chi connectivity index (χ0n) is 14.8. The number of rotatable bonds is 3. The molecule has 0 aromatic heterocycles. The molecule has 3 aromatic carbocycles. The van der Waals surface area contributed by atoms with Crippen LogP contribution < -0.4 is 0 Å². The lowest BCUT2D eigenvalue weighted by molar-refractivity contribution is 0.323. The van der Waals surface area contributed by atoms with E-state index >= 15 is 0 Å². The van der Waals surface area contributed by atoms with Gasteiger partial charge in [0, 0.05) is 19.6 Å². The van der Waals surface area contributed by atoms with Crippen molar-refractivity contribution in [2.24, 2.45) is 0 Å². The van der Waals surface area contributed by atoms with Crippen LogP contribution in [0, 0.1) is 0 Å². The van der Waals surface area contributed by atoms with Crippen molar-refractivity contribution < 1.29 is 0 Å². The molecule has 2 unspecified atom stereocenters. The number of nitrogens with zero attached hydrogens (tertiary/aromatic N) is 1. The Hall–Kier alpha value is -2.03. The van der Waals surface area contributed by atoms with Crippen molar-refractivity contribution in [2.45, 2.75) is 23.0 Å². The summed E-state index contributed by atoms with van der Waals surface area (Å²) in [6.07, 6.45) is 1.24. The topological polar surface area (TPSA) is 3.24 Å². The molecule has 2 heterocycles. The van der Waals surface area contributed by atoms with Crippen molar-refractivity contribution in [3.8, 4) is 0 Å². The Balaban J connectivity index is 1.45. The lowest BCUT2D eigenvalue weighted by atomic mass is 9.90. The fourth-order valence-electron chi connectivity index (χ4n) is 4.52. The van der Waals surface area contributed by atoms with E-state index in [-0.39, 0.29) is 4.75 Å². The van der Waals surface area contributed by atoms with Crippen molar-refractivity contribution in [3.05, 3.63) is 107 Å². The Morgan fingerprint density at radius 1 is 0.846 bits per heavy atom. The average Bonchev–Trinajstić information content (AvgIpc) is 3.26. The van der Waals surface area contributed by atoms with Gasteiger partial charge in [-0.3, -0.25) is 4.90 Å². The van der Waals surface area contributed by atoms with E-state index in [1.54, 1.807) is 5.56 Å². The highest BCUT2D eigenvalue weighted by Crippen LogP contribution is 2.60. The van der Waals surface area contributed by atoms with Crippen LogP contribution in [0.25, 0.3) is 0 Å². The van der Waals surface area contributed by atoms with Crippen molar-refractivity contribution >= 4 is 11.8 Å². The Bertz CT molecular complexity index is 892. The fourth-order valence-corrected chi connectivity index (χ4v) is 6.38. The van der Waals surface area contributed by atoms with Crippen molar-refractivity contribution in [3.63, 3.8) is 0 Å². The van der Waals surface area contributed by atoms with Crippen LogP contribution in [0.1, 0.15) is 33.9 Å². The minimum atomic E-state index is 0.242. The summed E-state index contributed by atoms with van der Waals surface area (Å²) in [4.78, 5) is 2.63. The predicted molar refractivity (Wildman–Crippen MR) is 110 cm³/mol. The summed E-state index contributed by atoms with van der Waals surface area (Å²) in [6.45, 7) is 3.38. The molecule has 0 bridgehead atoms. The smallest absolute Gasteiger partial charge is 0.0559 e. The molecule has 1 nitrogen and oxygen atoms in total. The Morgan fingerprint density at radius 3 is 2.35 bits per heavy atom. The molecule has 2 aliphatic heterocycles. The van der Waals surface area contributed by atoms with Gasteiger partial charge in [0.2, 0.25) is 0 Å².